The van der Waals surface area contributed by atoms with Gasteiger partial charge in [0.25, 0.3) is 0 Å². The van der Waals surface area contributed by atoms with E-state index in [1.165, 1.54) is 0 Å². The highest BCUT2D eigenvalue weighted by Crippen LogP contribution is 2.19. The lowest BCUT2D eigenvalue weighted by atomic mass is 9.91. The highest BCUT2D eigenvalue weighted by Gasteiger charge is 2.26. The van der Waals surface area contributed by atoms with Crippen LogP contribution in [0.1, 0.15) is 32.8 Å². The monoisotopic (exact) mass is 218 g/mol. The molecule has 0 heterocycles. The molecule has 0 spiro atoms. The second-order valence-electron chi connectivity index (χ2n) is 4.88. The fraction of sp³-hybridized carbons (Fsp3) is 0.429. The Bertz CT molecular complexity index is 388. The van der Waals surface area contributed by atoms with Crippen molar-refractivity contribution in [2.45, 2.75) is 38.4 Å². The lowest BCUT2D eigenvalue weighted by Crippen LogP contribution is -2.34. The van der Waals surface area contributed by atoms with Crippen molar-refractivity contribution in [2.24, 2.45) is 0 Å². The first-order valence-electron chi connectivity index (χ1n) is 5.32. The molecular weight excluding hydrogens is 200 g/mol. The van der Waals surface area contributed by atoms with Gasteiger partial charge in [-0.2, -0.15) is 0 Å². The SMILES string of the molecule is CC(C)(O)CC(C)(O)C#Cc1ccccc1. The normalized spacial score (nSPS) is 14.8. The molecule has 2 N–H and O–H groups in total. The molecule has 1 unspecified atom stereocenters. The molecule has 0 saturated heterocycles. The van der Waals surface area contributed by atoms with Gasteiger partial charge in [-0.05, 0) is 32.9 Å². The molecule has 86 valence electrons. The van der Waals surface area contributed by atoms with Gasteiger partial charge in [-0.25, -0.2) is 0 Å². The maximum atomic E-state index is 9.98. The van der Waals surface area contributed by atoms with Gasteiger partial charge in [0.15, 0.2) is 0 Å². The van der Waals surface area contributed by atoms with Crippen molar-refractivity contribution >= 4 is 0 Å². The summed E-state index contributed by atoms with van der Waals surface area (Å²) in [6, 6.07) is 9.48. The Hall–Kier alpha value is -1.30. The number of aliphatic hydroxyl groups is 2. The molecule has 1 aromatic rings. The summed E-state index contributed by atoms with van der Waals surface area (Å²) in [4.78, 5) is 0. The van der Waals surface area contributed by atoms with Crippen LogP contribution in [0.4, 0.5) is 0 Å². The van der Waals surface area contributed by atoms with Crippen LogP contribution in [0, 0.1) is 11.8 Å². The lowest BCUT2D eigenvalue weighted by molar-refractivity contribution is -0.00418. The van der Waals surface area contributed by atoms with E-state index in [1.807, 2.05) is 30.3 Å². The Morgan fingerprint density at radius 2 is 1.62 bits per heavy atom. The van der Waals surface area contributed by atoms with E-state index in [0.717, 1.165) is 5.56 Å². The molecule has 0 saturated carbocycles. The number of hydrogen-bond acceptors (Lipinski definition) is 2. The molecule has 1 rings (SSSR count). The third kappa shape index (κ3) is 4.97. The summed E-state index contributed by atoms with van der Waals surface area (Å²) in [6.45, 7) is 4.93. The Balaban J connectivity index is 2.77. The van der Waals surface area contributed by atoms with Crippen molar-refractivity contribution < 1.29 is 10.2 Å². The first-order chi connectivity index (χ1) is 7.29. The van der Waals surface area contributed by atoms with Crippen molar-refractivity contribution in [1.29, 1.82) is 0 Å². The van der Waals surface area contributed by atoms with Gasteiger partial charge in [-0.1, -0.05) is 30.0 Å². The summed E-state index contributed by atoms with van der Waals surface area (Å²) in [5.41, 5.74) is -1.23. The molecule has 0 fully saturated rings. The fourth-order valence-corrected chi connectivity index (χ4v) is 1.61. The quantitative estimate of drug-likeness (QED) is 0.745. The van der Waals surface area contributed by atoms with Gasteiger partial charge in [0.2, 0.25) is 0 Å². The van der Waals surface area contributed by atoms with Crippen molar-refractivity contribution in [3.8, 4) is 11.8 Å². The Morgan fingerprint density at radius 1 is 1.06 bits per heavy atom. The van der Waals surface area contributed by atoms with Crippen molar-refractivity contribution in [2.75, 3.05) is 0 Å². The van der Waals surface area contributed by atoms with Crippen LogP contribution >= 0.6 is 0 Å². The molecule has 0 aromatic heterocycles. The maximum absolute atomic E-state index is 9.98. The minimum atomic E-state index is -1.17. The average molecular weight is 218 g/mol. The highest BCUT2D eigenvalue weighted by molar-refractivity contribution is 5.35. The molecule has 2 nitrogen and oxygen atoms in total. The van der Waals surface area contributed by atoms with E-state index in [0.29, 0.717) is 0 Å². The van der Waals surface area contributed by atoms with E-state index in [4.69, 9.17) is 0 Å². The van der Waals surface area contributed by atoms with E-state index in [1.54, 1.807) is 20.8 Å². The van der Waals surface area contributed by atoms with Crippen LogP contribution in [0.15, 0.2) is 30.3 Å². The van der Waals surface area contributed by atoms with Crippen molar-refractivity contribution in [3.05, 3.63) is 35.9 Å². The Kier molecular flexibility index (Phi) is 3.74. The van der Waals surface area contributed by atoms with E-state index in [-0.39, 0.29) is 6.42 Å². The van der Waals surface area contributed by atoms with Crippen LogP contribution in [0.2, 0.25) is 0 Å². The molecule has 1 aromatic carbocycles. The molecule has 0 bridgehead atoms. The van der Waals surface area contributed by atoms with E-state index in [2.05, 4.69) is 11.8 Å². The minimum Gasteiger partial charge on any atom is -0.390 e. The van der Waals surface area contributed by atoms with Gasteiger partial charge < -0.3 is 10.2 Å². The van der Waals surface area contributed by atoms with E-state index >= 15 is 0 Å². The van der Waals surface area contributed by atoms with Crippen LogP contribution in [0.3, 0.4) is 0 Å². The third-order valence-corrected chi connectivity index (χ3v) is 2.03. The van der Waals surface area contributed by atoms with Crippen LogP contribution in [0.25, 0.3) is 0 Å². The topological polar surface area (TPSA) is 40.5 Å². The smallest absolute Gasteiger partial charge is 0.125 e. The second-order valence-corrected chi connectivity index (χ2v) is 4.88. The summed E-state index contributed by atoms with van der Waals surface area (Å²) in [5, 5.41) is 19.6. The standard InChI is InChI=1S/C14H18O2/c1-13(2,15)11-14(3,16)10-9-12-7-5-4-6-8-12/h4-8,15-16H,11H2,1-3H3. The van der Waals surface area contributed by atoms with E-state index in [9.17, 15) is 10.2 Å². The van der Waals surface area contributed by atoms with Gasteiger partial charge >= 0.3 is 0 Å². The van der Waals surface area contributed by atoms with Crippen LogP contribution in [-0.4, -0.2) is 21.4 Å². The predicted molar refractivity (Wildman–Crippen MR) is 64.9 cm³/mol. The van der Waals surface area contributed by atoms with Gasteiger partial charge in [0.05, 0.1) is 5.60 Å². The van der Waals surface area contributed by atoms with Gasteiger partial charge in [0.1, 0.15) is 5.60 Å². The Morgan fingerprint density at radius 3 is 2.12 bits per heavy atom. The van der Waals surface area contributed by atoms with Crippen LogP contribution in [0.5, 0.6) is 0 Å². The summed E-state index contributed by atoms with van der Waals surface area (Å²) >= 11 is 0. The third-order valence-electron chi connectivity index (χ3n) is 2.03. The van der Waals surface area contributed by atoms with Crippen molar-refractivity contribution in [1.82, 2.24) is 0 Å². The van der Waals surface area contributed by atoms with Gasteiger partial charge in [0, 0.05) is 12.0 Å². The van der Waals surface area contributed by atoms with Crippen LogP contribution < -0.4 is 0 Å². The first-order valence-corrected chi connectivity index (χ1v) is 5.32. The number of benzene rings is 1. The summed E-state index contributed by atoms with van der Waals surface area (Å²) in [6.07, 6.45) is 0.222. The summed E-state index contributed by atoms with van der Waals surface area (Å²) < 4.78 is 0. The molecule has 0 radical (unpaired) electrons. The fourth-order valence-electron chi connectivity index (χ4n) is 1.61. The summed E-state index contributed by atoms with van der Waals surface area (Å²) in [7, 11) is 0. The number of rotatable bonds is 2. The lowest BCUT2D eigenvalue weighted by Gasteiger charge is -2.25. The molecule has 16 heavy (non-hydrogen) atoms. The molecular formula is C14H18O2. The largest absolute Gasteiger partial charge is 0.390 e. The molecule has 0 aliphatic rings. The van der Waals surface area contributed by atoms with Crippen molar-refractivity contribution in [3.63, 3.8) is 0 Å². The molecule has 2 heteroatoms. The average Bonchev–Trinajstić information content (AvgIpc) is 2.13. The van der Waals surface area contributed by atoms with Crippen LogP contribution in [-0.2, 0) is 0 Å². The second kappa shape index (κ2) is 4.69. The zero-order valence-electron chi connectivity index (χ0n) is 9.99. The minimum absolute atomic E-state index is 0.222. The maximum Gasteiger partial charge on any atom is 0.125 e. The molecule has 0 aliphatic carbocycles. The van der Waals surface area contributed by atoms with Gasteiger partial charge in [-0.3, -0.25) is 0 Å². The van der Waals surface area contributed by atoms with E-state index < -0.39 is 11.2 Å². The zero-order chi connectivity index (χ0) is 12.2. The molecule has 0 aliphatic heterocycles. The zero-order valence-corrected chi connectivity index (χ0v) is 9.99. The molecule has 1 atom stereocenters. The number of hydrogen-bond donors (Lipinski definition) is 2. The first kappa shape index (κ1) is 12.8. The molecule has 0 amide bonds. The predicted octanol–water partition coefficient (Wildman–Crippen LogP) is 1.95. The highest BCUT2D eigenvalue weighted by atomic mass is 16.3. The summed E-state index contributed by atoms with van der Waals surface area (Å²) in [5.74, 6) is 5.67. The van der Waals surface area contributed by atoms with Gasteiger partial charge in [-0.15, -0.1) is 0 Å². The Labute approximate surface area is 96.9 Å².